The lowest BCUT2D eigenvalue weighted by Gasteiger charge is -2.30. The molecule has 0 N–H and O–H groups in total. The molecule has 1 aromatic rings. The van der Waals surface area contributed by atoms with Gasteiger partial charge in [-0.1, -0.05) is 0 Å². The second-order valence-electron chi connectivity index (χ2n) is 8.31. The third-order valence-electron chi connectivity index (χ3n) is 5.97. The Kier molecular flexibility index (Phi) is 7.91. The number of hydrogen-bond donors (Lipinski definition) is 0. The molecule has 4 nitrogen and oxygen atoms in total. The first-order chi connectivity index (χ1) is 14.3. The number of halogens is 3. The molecule has 2 aliphatic rings. The third kappa shape index (κ3) is 6.03. The maximum absolute atomic E-state index is 12.8. The highest BCUT2D eigenvalue weighted by Gasteiger charge is 2.29. The molecule has 2 unspecified atom stereocenters. The molecule has 2 aliphatic heterocycles. The van der Waals surface area contributed by atoms with E-state index in [0.717, 1.165) is 60.8 Å². The van der Waals surface area contributed by atoms with Crippen molar-refractivity contribution in [2.75, 3.05) is 13.2 Å². The molecule has 2 saturated heterocycles. The molecule has 0 bridgehead atoms. The molecular formula is C23H33F3O4. The Morgan fingerprint density at radius 1 is 0.800 bits per heavy atom. The van der Waals surface area contributed by atoms with Gasteiger partial charge in [0.15, 0.2) is 12.6 Å². The summed E-state index contributed by atoms with van der Waals surface area (Å²) < 4.78 is 62.2. The number of hydrogen-bond acceptors (Lipinski definition) is 4. The molecule has 2 heterocycles. The van der Waals surface area contributed by atoms with E-state index in [1.165, 1.54) is 0 Å². The van der Waals surface area contributed by atoms with Gasteiger partial charge in [-0.15, -0.1) is 0 Å². The second-order valence-corrected chi connectivity index (χ2v) is 8.31. The smallest absolute Gasteiger partial charge is 0.389 e. The van der Waals surface area contributed by atoms with Gasteiger partial charge < -0.3 is 18.9 Å². The Morgan fingerprint density at radius 3 is 1.83 bits per heavy atom. The first-order valence-corrected chi connectivity index (χ1v) is 11.0. The van der Waals surface area contributed by atoms with Crippen molar-refractivity contribution in [3.05, 3.63) is 22.3 Å². The van der Waals surface area contributed by atoms with Gasteiger partial charge in [0.2, 0.25) is 0 Å². The fourth-order valence-corrected chi connectivity index (χ4v) is 4.13. The summed E-state index contributed by atoms with van der Waals surface area (Å²) in [7, 11) is 0. The van der Waals surface area contributed by atoms with Crippen molar-refractivity contribution in [1.82, 2.24) is 0 Å². The monoisotopic (exact) mass is 430 g/mol. The summed E-state index contributed by atoms with van der Waals surface area (Å²) in [5.74, 6) is 1.36. The fourth-order valence-electron chi connectivity index (χ4n) is 4.13. The molecule has 30 heavy (non-hydrogen) atoms. The van der Waals surface area contributed by atoms with Gasteiger partial charge in [-0.2, -0.15) is 13.2 Å². The minimum absolute atomic E-state index is 0.00803. The topological polar surface area (TPSA) is 36.9 Å². The fraction of sp³-hybridized carbons (Fsp3) is 0.739. The number of ether oxygens (including phenoxy) is 4. The lowest BCUT2D eigenvalue weighted by Crippen LogP contribution is -2.27. The molecule has 2 atom stereocenters. The Bertz CT molecular complexity index is 706. The lowest BCUT2D eigenvalue weighted by atomic mass is 9.93. The molecule has 0 radical (unpaired) electrons. The van der Waals surface area contributed by atoms with Crippen LogP contribution in [0.4, 0.5) is 13.2 Å². The van der Waals surface area contributed by atoms with Crippen molar-refractivity contribution in [3.63, 3.8) is 0 Å². The molecule has 3 rings (SSSR count). The third-order valence-corrected chi connectivity index (χ3v) is 5.97. The summed E-state index contributed by atoms with van der Waals surface area (Å²) in [6, 6.07) is 0. The zero-order valence-electron chi connectivity index (χ0n) is 18.2. The Hall–Kier alpha value is -1.47. The average Bonchev–Trinajstić information content (AvgIpc) is 2.72. The maximum atomic E-state index is 12.8. The van der Waals surface area contributed by atoms with Crippen molar-refractivity contribution in [1.29, 1.82) is 0 Å². The molecule has 170 valence electrons. The van der Waals surface area contributed by atoms with Crippen LogP contribution >= 0.6 is 0 Å². The quantitative estimate of drug-likeness (QED) is 0.508. The number of rotatable bonds is 7. The standard InChI is InChI=1S/C23H33F3O4/c1-15-16(2)22(30-20-11-5-7-14-28-20)18(9-8-12-23(24,25)26)17(3)21(15)29-19-10-4-6-13-27-19/h19-20H,4-14H2,1-3H3. The van der Waals surface area contributed by atoms with Gasteiger partial charge in [0.25, 0.3) is 0 Å². The predicted octanol–water partition coefficient (Wildman–Crippen LogP) is 6.31. The summed E-state index contributed by atoms with van der Waals surface area (Å²) in [6.07, 6.45) is 0.311. The SMILES string of the molecule is Cc1c(C)c(OC2CCCCO2)c(CCCC(F)(F)F)c(C)c1OC1CCCCO1. The van der Waals surface area contributed by atoms with E-state index in [9.17, 15) is 13.2 Å². The van der Waals surface area contributed by atoms with Crippen LogP contribution in [0, 0.1) is 20.8 Å². The molecule has 0 aromatic heterocycles. The van der Waals surface area contributed by atoms with E-state index in [2.05, 4.69) is 0 Å². The Morgan fingerprint density at radius 2 is 1.33 bits per heavy atom. The summed E-state index contributed by atoms with van der Waals surface area (Å²) >= 11 is 0. The summed E-state index contributed by atoms with van der Waals surface area (Å²) in [6.45, 7) is 7.12. The van der Waals surface area contributed by atoms with Crippen molar-refractivity contribution in [2.45, 2.75) is 97.3 Å². The Labute approximate surface area is 177 Å². The molecule has 7 heteroatoms. The Balaban J connectivity index is 1.90. The molecule has 2 fully saturated rings. The van der Waals surface area contributed by atoms with Gasteiger partial charge in [0, 0.05) is 24.8 Å². The lowest BCUT2D eigenvalue weighted by molar-refractivity contribution is -0.135. The van der Waals surface area contributed by atoms with E-state index >= 15 is 0 Å². The summed E-state index contributed by atoms with van der Waals surface area (Å²) in [5.41, 5.74) is 3.44. The number of benzene rings is 1. The van der Waals surface area contributed by atoms with Crippen molar-refractivity contribution < 1.29 is 32.1 Å². The van der Waals surface area contributed by atoms with Crippen LogP contribution in [0.2, 0.25) is 0 Å². The molecule has 0 spiro atoms. The maximum Gasteiger partial charge on any atom is 0.389 e. The zero-order chi connectivity index (χ0) is 21.7. The van der Waals surface area contributed by atoms with Gasteiger partial charge in [-0.25, -0.2) is 0 Å². The van der Waals surface area contributed by atoms with E-state index in [1.807, 2.05) is 20.8 Å². The average molecular weight is 431 g/mol. The van der Waals surface area contributed by atoms with Gasteiger partial charge in [-0.3, -0.25) is 0 Å². The first-order valence-electron chi connectivity index (χ1n) is 11.0. The molecule has 0 amide bonds. The van der Waals surface area contributed by atoms with Crippen LogP contribution in [0.25, 0.3) is 0 Å². The van der Waals surface area contributed by atoms with E-state index in [-0.39, 0.29) is 25.4 Å². The van der Waals surface area contributed by atoms with Crippen LogP contribution in [-0.2, 0) is 15.9 Å². The first kappa shape index (κ1) is 23.2. The summed E-state index contributed by atoms with van der Waals surface area (Å²) in [5, 5.41) is 0. The molecule has 0 aliphatic carbocycles. The summed E-state index contributed by atoms with van der Waals surface area (Å²) in [4.78, 5) is 0. The minimum atomic E-state index is -4.17. The molecule has 0 saturated carbocycles. The van der Waals surface area contributed by atoms with E-state index in [1.54, 1.807) is 0 Å². The van der Waals surface area contributed by atoms with Crippen LogP contribution in [0.5, 0.6) is 11.5 Å². The van der Waals surface area contributed by atoms with Crippen LogP contribution in [0.3, 0.4) is 0 Å². The normalized spacial score (nSPS) is 22.7. The van der Waals surface area contributed by atoms with Crippen LogP contribution in [0.1, 0.15) is 73.6 Å². The highest BCUT2D eigenvalue weighted by Crippen LogP contribution is 2.41. The van der Waals surface area contributed by atoms with Gasteiger partial charge in [0.1, 0.15) is 11.5 Å². The highest BCUT2D eigenvalue weighted by molar-refractivity contribution is 5.58. The molecular weight excluding hydrogens is 397 g/mol. The van der Waals surface area contributed by atoms with Crippen LogP contribution < -0.4 is 9.47 Å². The van der Waals surface area contributed by atoms with E-state index in [0.29, 0.717) is 24.7 Å². The van der Waals surface area contributed by atoms with E-state index < -0.39 is 12.6 Å². The number of alkyl halides is 3. The highest BCUT2D eigenvalue weighted by atomic mass is 19.4. The molecule has 1 aromatic carbocycles. The van der Waals surface area contributed by atoms with Crippen molar-refractivity contribution in [2.24, 2.45) is 0 Å². The van der Waals surface area contributed by atoms with Crippen LogP contribution in [-0.4, -0.2) is 32.0 Å². The zero-order valence-corrected chi connectivity index (χ0v) is 18.2. The predicted molar refractivity (Wildman–Crippen MR) is 108 cm³/mol. The van der Waals surface area contributed by atoms with Gasteiger partial charge >= 0.3 is 6.18 Å². The van der Waals surface area contributed by atoms with Crippen LogP contribution in [0.15, 0.2) is 0 Å². The largest absolute Gasteiger partial charge is 0.464 e. The minimum Gasteiger partial charge on any atom is -0.464 e. The second kappa shape index (κ2) is 10.2. The van der Waals surface area contributed by atoms with Gasteiger partial charge in [-0.05, 0) is 76.0 Å². The van der Waals surface area contributed by atoms with Gasteiger partial charge in [0.05, 0.1) is 13.2 Å². The van der Waals surface area contributed by atoms with Crippen molar-refractivity contribution >= 4 is 0 Å². The van der Waals surface area contributed by atoms with E-state index in [4.69, 9.17) is 18.9 Å². The van der Waals surface area contributed by atoms with Crippen molar-refractivity contribution in [3.8, 4) is 11.5 Å².